The molecule has 0 bridgehead atoms. The topological polar surface area (TPSA) is 24.4 Å². The standard InChI is InChI=1S/C4H7N2/c1-4-2-5-3-6-4/h2-4,6H,1H3. The van der Waals surface area contributed by atoms with Crippen molar-refractivity contribution in [3.05, 3.63) is 6.67 Å². The Balaban J connectivity index is 2.38. The lowest BCUT2D eigenvalue weighted by molar-refractivity contribution is 0.800. The van der Waals surface area contributed by atoms with Crippen LogP contribution in [0.5, 0.6) is 0 Å². The van der Waals surface area contributed by atoms with Crippen LogP contribution in [0.15, 0.2) is 4.99 Å². The van der Waals surface area contributed by atoms with Crippen LogP contribution in [0.25, 0.3) is 0 Å². The molecule has 1 unspecified atom stereocenters. The smallest absolute Gasteiger partial charge is 0.135 e. The SMILES string of the molecule is CC1C=N[CH]N1. The van der Waals surface area contributed by atoms with Gasteiger partial charge in [-0.15, -0.1) is 0 Å². The fraction of sp³-hybridized carbons (Fsp3) is 0.500. The number of hydrogen-bond acceptors (Lipinski definition) is 2. The van der Waals surface area contributed by atoms with E-state index < -0.39 is 0 Å². The summed E-state index contributed by atoms with van der Waals surface area (Å²) in [6.45, 7) is 3.75. The molecule has 0 saturated carbocycles. The Morgan fingerprint density at radius 3 is 2.83 bits per heavy atom. The summed E-state index contributed by atoms with van der Waals surface area (Å²) < 4.78 is 0. The van der Waals surface area contributed by atoms with E-state index in [1.54, 1.807) is 6.67 Å². The number of nitrogens with zero attached hydrogens (tertiary/aromatic N) is 1. The first-order valence-electron chi connectivity index (χ1n) is 2.00. The van der Waals surface area contributed by atoms with Crippen molar-refractivity contribution in [2.24, 2.45) is 4.99 Å². The van der Waals surface area contributed by atoms with Crippen LogP contribution in [0.3, 0.4) is 0 Å². The molecule has 33 valence electrons. The zero-order valence-electron chi connectivity index (χ0n) is 3.68. The summed E-state index contributed by atoms with van der Waals surface area (Å²) >= 11 is 0. The van der Waals surface area contributed by atoms with Crippen molar-refractivity contribution in [2.45, 2.75) is 13.0 Å². The van der Waals surface area contributed by atoms with Gasteiger partial charge in [-0.05, 0) is 6.92 Å². The maximum absolute atomic E-state index is 3.80. The van der Waals surface area contributed by atoms with Gasteiger partial charge in [0.25, 0.3) is 0 Å². The van der Waals surface area contributed by atoms with E-state index in [4.69, 9.17) is 0 Å². The summed E-state index contributed by atoms with van der Waals surface area (Å²) in [6, 6.07) is 0.449. The van der Waals surface area contributed by atoms with E-state index in [1.807, 2.05) is 13.1 Å². The second kappa shape index (κ2) is 1.39. The summed E-state index contributed by atoms with van der Waals surface area (Å²) in [4.78, 5) is 3.80. The largest absolute Gasteiger partial charge is 0.285 e. The van der Waals surface area contributed by atoms with Crippen LogP contribution in [0.1, 0.15) is 6.92 Å². The molecule has 1 N–H and O–H groups in total. The average molecular weight is 83.1 g/mol. The van der Waals surface area contributed by atoms with Crippen LogP contribution in [0.4, 0.5) is 0 Å². The molecular weight excluding hydrogens is 76.1 g/mol. The molecule has 0 spiro atoms. The van der Waals surface area contributed by atoms with Crippen molar-refractivity contribution in [3.63, 3.8) is 0 Å². The molecule has 0 fully saturated rings. The quantitative estimate of drug-likeness (QED) is 0.443. The number of hydrogen-bond donors (Lipinski definition) is 1. The fourth-order valence-corrected chi connectivity index (χ4v) is 0.376. The van der Waals surface area contributed by atoms with Crippen molar-refractivity contribution in [2.75, 3.05) is 0 Å². The lowest BCUT2D eigenvalue weighted by atomic mass is 10.4. The molecule has 2 nitrogen and oxygen atoms in total. The maximum atomic E-state index is 3.80. The van der Waals surface area contributed by atoms with Gasteiger partial charge in [0.2, 0.25) is 0 Å². The molecule has 0 aromatic rings. The van der Waals surface area contributed by atoms with Gasteiger partial charge >= 0.3 is 0 Å². The fourth-order valence-electron chi connectivity index (χ4n) is 0.376. The minimum absolute atomic E-state index is 0.449. The Hall–Kier alpha value is -0.370. The summed E-state index contributed by atoms with van der Waals surface area (Å²) in [6.07, 6.45) is 1.86. The number of aliphatic imine (C=N–C) groups is 1. The lowest BCUT2D eigenvalue weighted by Gasteiger charge is -1.91. The third kappa shape index (κ3) is 0.571. The molecule has 0 amide bonds. The summed E-state index contributed by atoms with van der Waals surface area (Å²) in [5.41, 5.74) is 0. The molecule has 2 heteroatoms. The Morgan fingerprint density at radius 1 is 1.83 bits per heavy atom. The average Bonchev–Trinajstić information content (AvgIpc) is 1.86. The van der Waals surface area contributed by atoms with Gasteiger partial charge in [-0.3, -0.25) is 10.3 Å². The molecule has 1 aliphatic rings. The van der Waals surface area contributed by atoms with Crippen molar-refractivity contribution >= 4 is 6.21 Å². The van der Waals surface area contributed by atoms with E-state index >= 15 is 0 Å². The molecular formula is C4H7N2. The van der Waals surface area contributed by atoms with Gasteiger partial charge in [-0.1, -0.05) is 0 Å². The number of rotatable bonds is 0. The molecule has 1 aliphatic heterocycles. The second-order valence-corrected chi connectivity index (χ2v) is 1.38. The van der Waals surface area contributed by atoms with E-state index in [9.17, 15) is 0 Å². The molecule has 1 heterocycles. The van der Waals surface area contributed by atoms with Gasteiger partial charge in [-0.2, -0.15) is 0 Å². The maximum Gasteiger partial charge on any atom is 0.135 e. The Bertz CT molecular complexity index is 67.9. The normalized spacial score (nSPS) is 31.8. The van der Waals surface area contributed by atoms with E-state index in [-0.39, 0.29) is 0 Å². The highest BCUT2D eigenvalue weighted by Crippen LogP contribution is 1.86. The van der Waals surface area contributed by atoms with E-state index in [0.717, 1.165) is 0 Å². The predicted octanol–water partition coefficient (Wildman–Crippen LogP) is 0.168. The Morgan fingerprint density at radius 2 is 2.67 bits per heavy atom. The third-order valence-corrected chi connectivity index (χ3v) is 0.722. The molecule has 1 radical (unpaired) electrons. The Labute approximate surface area is 37.3 Å². The van der Waals surface area contributed by atoms with Crippen molar-refractivity contribution in [1.82, 2.24) is 5.32 Å². The van der Waals surface area contributed by atoms with E-state index in [2.05, 4.69) is 10.3 Å². The van der Waals surface area contributed by atoms with Crippen molar-refractivity contribution in [3.8, 4) is 0 Å². The highest BCUT2D eigenvalue weighted by Gasteiger charge is 1.98. The van der Waals surface area contributed by atoms with Gasteiger partial charge in [0.15, 0.2) is 0 Å². The van der Waals surface area contributed by atoms with E-state index in [0.29, 0.717) is 6.04 Å². The minimum atomic E-state index is 0.449. The van der Waals surface area contributed by atoms with Crippen LogP contribution in [0, 0.1) is 6.67 Å². The molecule has 0 aromatic carbocycles. The highest BCUT2D eigenvalue weighted by atomic mass is 15.1. The molecule has 0 aliphatic carbocycles. The van der Waals surface area contributed by atoms with Gasteiger partial charge in [0.05, 0.1) is 0 Å². The van der Waals surface area contributed by atoms with Crippen molar-refractivity contribution < 1.29 is 0 Å². The summed E-state index contributed by atoms with van der Waals surface area (Å²) in [7, 11) is 0. The molecule has 1 rings (SSSR count). The van der Waals surface area contributed by atoms with Crippen LogP contribution in [-0.4, -0.2) is 12.3 Å². The van der Waals surface area contributed by atoms with Crippen LogP contribution in [-0.2, 0) is 0 Å². The third-order valence-electron chi connectivity index (χ3n) is 0.722. The van der Waals surface area contributed by atoms with Crippen molar-refractivity contribution in [1.29, 1.82) is 0 Å². The molecule has 0 saturated heterocycles. The summed E-state index contributed by atoms with van der Waals surface area (Å²) in [5, 5.41) is 2.97. The summed E-state index contributed by atoms with van der Waals surface area (Å²) in [5.74, 6) is 0. The van der Waals surface area contributed by atoms with Gasteiger partial charge < -0.3 is 0 Å². The van der Waals surface area contributed by atoms with Crippen LogP contribution >= 0.6 is 0 Å². The number of nitrogens with one attached hydrogen (secondary N) is 1. The molecule has 1 atom stereocenters. The first-order chi connectivity index (χ1) is 2.89. The zero-order chi connectivity index (χ0) is 4.41. The monoisotopic (exact) mass is 83.1 g/mol. The first kappa shape index (κ1) is 3.81. The lowest BCUT2D eigenvalue weighted by Crippen LogP contribution is -2.16. The molecule has 0 aromatic heterocycles. The van der Waals surface area contributed by atoms with Gasteiger partial charge in [-0.25, -0.2) is 0 Å². The van der Waals surface area contributed by atoms with Gasteiger partial charge in [0.1, 0.15) is 6.67 Å². The van der Waals surface area contributed by atoms with Crippen LogP contribution in [0.2, 0.25) is 0 Å². The predicted molar refractivity (Wildman–Crippen MR) is 25.4 cm³/mol. The second-order valence-electron chi connectivity index (χ2n) is 1.38. The molecule has 6 heavy (non-hydrogen) atoms. The van der Waals surface area contributed by atoms with Crippen LogP contribution < -0.4 is 5.32 Å². The first-order valence-corrected chi connectivity index (χ1v) is 2.00. The Kier molecular flexibility index (Phi) is 0.881. The minimum Gasteiger partial charge on any atom is -0.285 e. The zero-order valence-corrected chi connectivity index (χ0v) is 3.68. The van der Waals surface area contributed by atoms with E-state index in [1.165, 1.54) is 0 Å². The van der Waals surface area contributed by atoms with Gasteiger partial charge in [0, 0.05) is 12.3 Å². The highest BCUT2D eigenvalue weighted by molar-refractivity contribution is 5.66.